The zero-order valence-electron chi connectivity index (χ0n) is 10.8. The average molecular weight is 376 g/mol. The standard InChI is InChI=1S/C14H20Br2N2/c1-2-7-17-13(6-5-10-3-4-10)14-12(16)8-11(15)9-18-14/h8-10,13,17H,2-7H2,1H3. The summed E-state index contributed by atoms with van der Waals surface area (Å²) in [7, 11) is 0. The lowest BCUT2D eigenvalue weighted by Gasteiger charge is -2.19. The van der Waals surface area contributed by atoms with E-state index in [1.54, 1.807) is 0 Å². The van der Waals surface area contributed by atoms with Crippen LogP contribution in [0.5, 0.6) is 0 Å². The number of rotatable bonds is 7. The van der Waals surface area contributed by atoms with Gasteiger partial charge in [-0.05, 0) is 69.7 Å². The molecular formula is C14H20Br2N2. The molecule has 1 atom stereocenters. The van der Waals surface area contributed by atoms with Crippen LogP contribution < -0.4 is 5.32 Å². The van der Waals surface area contributed by atoms with E-state index in [4.69, 9.17) is 0 Å². The van der Waals surface area contributed by atoms with E-state index in [0.717, 1.165) is 33.5 Å². The summed E-state index contributed by atoms with van der Waals surface area (Å²) in [6, 6.07) is 2.47. The van der Waals surface area contributed by atoms with Crippen LogP contribution in [0, 0.1) is 5.92 Å². The number of nitrogens with zero attached hydrogens (tertiary/aromatic N) is 1. The zero-order valence-corrected chi connectivity index (χ0v) is 13.9. The third-order valence-corrected chi connectivity index (χ3v) is 4.44. The van der Waals surface area contributed by atoms with Crippen LogP contribution in [0.25, 0.3) is 0 Å². The molecule has 0 aliphatic heterocycles. The van der Waals surface area contributed by atoms with E-state index in [9.17, 15) is 0 Å². The quantitative estimate of drug-likeness (QED) is 0.737. The largest absolute Gasteiger partial charge is 0.309 e. The number of nitrogens with one attached hydrogen (secondary N) is 1. The number of pyridine rings is 1. The maximum absolute atomic E-state index is 4.57. The number of aromatic nitrogens is 1. The van der Waals surface area contributed by atoms with Crippen LogP contribution in [0.3, 0.4) is 0 Å². The molecular weight excluding hydrogens is 356 g/mol. The molecule has 1 aliphatic rings. The van der Waals surface area contributed by atoms with Gasteiger partial charge in [0.2, 0.25) is 0 Å². The molecule has 0 amide bonds. The van der Waals surface area contributed by atoms with Crippen molar-refractivity contribution in [1.29, 1.82) is 0 Å². The van der Waals surface area contributed by atoms with Crippen molar-refractivity contribution < 1.29 is 0 Å². The second kappa shape index (κ2) is 7.01. The second-order valence-electron chi connectivity index (χ2n) is 5.05. The fourth-order valence-corrected chi connectivity index (χ4v) is 3.41. The Bertz CT molecular complexity index is 391. The monoisotopic (exact) mass is 374 g/mol. The molecule has 1 N–H and O–H groups in total. The Kier molecular flexibility index (Phi) is 5.64. The lowest BCUT2D eigenvalue weighted by molar-refractivity contribution is 0.459. The molecule has 1 aliphatic carbocycles. The summed E-state index contributed by atoms with van der Waals surface area (Å²) in [5, 5.41) is 3.62. The van der Waals surface area contributed by atoms with Crippen LogP contribution >= 0.6 is 31.9 Å². The normalized spacial score (nSPS) is 16.8. The molecule has 0 bridgehead atoms. The van der Waals surface area contributed by atoms with Crippen molar-refractivity contribution in [3.8, 4) is 0 Å². The fourth-order valence-electron chi connectivity index (χ4n) is 2.14. The summed E-state index contributed by atoms with van der Waals surface area (Å²) in [4.78, 5) is 4.57. The molecule has 1 aromatic rings. The van der Waals surface area contributed by atoms with Crippen molar-refractivity contribution in [2.24, 2.45) is 5.92 Å². The van der Waals surface area contributed by atoms with Gasteiger partial charge in [0, 0.05) is 15.1 Å². The topological polar surface area (TPSA) is 24.9 Å². The predicted octanol–water partition coefficient (Wildman–Crippen LogP) is 4.84. The molecule has 1 fully saturated rings. The highest BCUT2D eigenvalue weighted by molar-refractivity contribution is 9.11. The number of hydrogen-bond acceptors (Lipinski definition) is 2. The maximum atomic E-state index is 4.57. The van der Waals surface area contributed by atoms with Crippen molar-refractivity contribution in [3.05, 3.63) is 26.9 Å². The minimum atomic E-state index is 0.382. The van der Waals surface area contributed by atoms with Gasteiger partial charge in [-0.3, -0.25) is 4.98 Å². The first-order valence-electron chi connectivity index (χ1n) is 6.75. The highest BCUT2D eigenvalue weighted by Gasteiger charge is 2.24. The zero-order chi connectivity index (χ0) is 13.0. The van der Waals surface area contributed by atoms with Gasteiger partial charge >= 0.3 is 0 Å². The van der Waals surface area contributed by atoms with Gasteiger partial charge in [-0.2, -0.15) is 0 Å². The van der Waals surface area contributed by atoms with E-state index in [-0.39, 0.29) is 0 Å². The summed E-state index contributed by atoms with van der Waals surface area (Å²) >= 11 is 7.09. The number of hydrogen-bond donors (Lipinski definition) is 1. The van der Waals surface area contributed by atoms with Crippen molar-refractivity contribution in [3.63, 3.8) is 0 Å². The third kappa shape index (κ3) is 4.32. The lowest BCUT2D eigenvalue weighted by Crippen LogP contribution is -2.23. The van der Waals surface area contributed by atoms with Gasteiger partial charge in [-0.25, -0.2) is 0 Å². The summed E-state index contributed by atoms with van der Waals surface area (Å²) in [5.41, 5.74) is 1.15. The lowest BCUT2D eigenvalue weighted by atomic mass is 10.0. The van der Waals surface area contributed by atoms with Crippen LogP contribution in [0.2, 0.25) is 0 Å². The van der Waals surface area contributed by atoms with Crippen LogP contribution in [0.1, 0.15) is 50.8 Å². The molecule has 100 valence electrons. The molecule has 1 saturated carbocycles. The van der Waals surface area contributed by atoms with Crippen molar-refractivity contribution in [2.45, 2.75) is 45.1 Å². The first-order chi connectivity index (χ1) is 8.70. The summed E-state index contributed by atoms with van der Waals surface area (Å²) in [5.74, 6) is 0.977. The Hall–Kier alpha value is 0.0700. The van der Waals surface area contributed by atoms with Crippen molar-refractivity contribution in [1.82, 2.24) is 10.3 Å². The molecule has 4 heteroatoms. The smallest absolute Gasteiger partial charge is 0.0715 e. The highest BCUT2D eigenvalue weighted by Crippen LogP contribution is 2.36. The minimum Gasteiger partial charge on any atom is -0.309 e. The Morgan fingerprint density at radius 1 is 1.44 bits per heavy atom. The van der Waals surface area contributed by atoms with E-state index < -0.39 is 0 Å². The predicted molar refractivity (Wildman–Crippen MR) is 82.6 cm³/mol. The van der Waals surface area contributed by atoms with Crippen LogP contribution in [0.4, 0.5) is 0 Å². The van der Waals surface area contributed by atoms with Gasteiger partial charge in [-0.15, -0.1) is 0 Å². The Morgan fingerprint density at radius 2 is 2.22 bits per heavy atom. The maximum Gasteiger partial charge on any atom is 0.0715 e. The second-order valence-corrected chi connectivity index (χ2v) is 6.82. The average Bonchev–Trinajstić information content (AvgIpc) is 3.14. The molecule has 1 heterocycles. The molecule has 1 unspecified atom stereocenters. The third-order valence-electron chi connectivity index (χ3n) is 3.37. The van der Waals surface area contributed by atoms with E-state index in [1.807, 2.05) is 6.20 Å². The number of halogens is 2. The van der Waals surface area contributed by atoms with E-state index in [0.29, 0.717) is 6.04 Å². The van der Waals surface area contributed by atoms with Gasteiger partial charge in [0.15, 0.2) is 0 Å². The first-order valence-corrected chi connectivity index (χ1v) is 8.33. The van der Waals surface area contributed by atoms with Crippen LogP contribution in [-0.2, 0) is 0 Å². The molecule has 2 rings (SSSR count). The molecule has 0 saturated heterocycles. The summed E-state index contributed by atoms with van der Waals surface area (Å²) in [6.07, 6.45) is 8.42. The molecule has 18 heavy (non-hydrogen) atoms. The van der Waals surface area contributed by atoms with E-state index in [2.05, 4.69) is 55.2 Å². The molecule has 0 spiro atoms. The SMILES string of the molecule is CCCNC(CCC1CC1)c1ncc(Br)cc1Br. The van der Waals surface area contributed by atoms with Gasteiger partial charge in [-0.1, -0.05) is 19.8 Å². The highest BCUT2D eigenvalue weighted by atomic mass is 79.9. The van der Waals surface area contributed by atoms with Gasteiger partial charge in [0.25, 0.3) is 0 Å². The van der Waals surface area contributed by atoms with E-state index in [1.165, 1.54) is 25.7 Å². The Labute approximate surface area is 126 Å². The first kappa shape index (κ1) is 14.5. The summed E-state index contributed by atoms with van der Waals surface area (Å²) < 4.78 is 2.12. The van der Waals surface area contributed by atoms with Crippen molar-refractivity contribution >= 4 is 31.9 Å². The summed E-state index contributed by atoms with van der Waals surface area (Å²) in [6.45, 7) is 3.26. The molecule has 2 nitrogen and oxygen atoms in total. The van der Waals surface area contributed by atoms with E-state index >= 15 is 0 Å². The van der Waals surface area contributed by atoms with Crippen LogP contribution in [-0.4, -0.2) is 11.5 Å². The van der Waals surface area contributed by atoms with Gasteiger partial charge in [0.05, 0.1) is 11.7 Å². The minimum absolute atomic E-state index is 0.382. The molecule has 0 aromatic carbocycles. The van der Waals surface area contributed by atoms with Gasteiger partial charge < -0.3 is 5.32 Å². The van der Waals surface area contributed by atoms with Crippen molar-refractivity contribution in [2.75, 3.05) is 6.54 Å². The fraction of sp³-hybridized carbons (Fsp3) is 0.643. The van der Waals surface area contributed by atoms with Gasteiger partial charge in [0.1, 0.15) is 0 Å². The molecule has 0 radical (unpaired) electrons. The molecule has 1 aromatic heterocycles. The van der Waals surface area contributed by atoms with Crippen LogP contribution in [0.15, 0.2) is 21.2 Å². The Balaban J connectivity index is 2.04. The Morgan fingerprint density at radius 3 is 2.83 bits per heavy atom.